The molecule has 162 valence electrons. The number of hydrogen-bond acceptors (Lipinski definition) is 5. The molecule has 0 bridgehead atoms. The number of rotatable bonds is 8. The molecule has 1 aliphatic heterocycles. The van der Waals surface area contributed by atoms with E-state index in [1.165, 1.54) is 20.2 Å². The summed E-state index contributed by atoms with van der Waals surface area (Å²) in [7, 11) is 0.976. The number of amides is 1. The zero-order valence-corrected chi connectivity index (χ0v) is 18.5. The highest BCUT2D eigenvalue weighted by Crippen LogP contribution is 2.28. The normalized spacial score (nSPS) is 14.3. The van der Waals surface area contributed by atoms with E-state index in [2.05, 4.69) is 10.2 Å². The van der Waals surface area contributed by atoms with E-state index in [-0.39, 0.29) is 10.8 Å². The molecule has 3 rings (SSSR count). The summed E-state index contributed by atoms with van der Waals surface area (Å²) in [5, 5.41) is 2.94. The molecule has 8 heteroatoms. The van der Waals surface area contributed by atoms with Gasteiger partial charge in [-0.25, -0.2) is 12.7 Å². The van der Waals surface area contributed by atoms with Crippen LogP contribution in [-0.2, 0) is 27.9 Å². The fraction of sp³-hybridized carbons (Fsp3) is 0.409. The first-order chi connectivity index (χ1) is 14.3. The minimum atomic E-state index is -3.63. The molecule has 0 spiro atoms. The summed E-state index contributed by atoms with van der Waals surface area (Å²) in [5.41, 5.74) is 3.14. The van der Waals surface area contributed by atoms with Gasteiger partial charge < -0.3 is 15.0 Å². The van der Waals surface area contributed by atoms with Crippen LogP contribution in [0.3, 0.4) is 0 Å². The second-order valence-electron chi connectivity index (χ2n) is 7.60. The second kappa shape index (κ2) is 9.59. The van der Waals surface area contributed by atoms with Crippen LogP contribution < -0.4 is 10.2 Å². The van der Waals surface area contributed by atoms with Gasteiger partial charge in [-0.1, -0.05) is 24.3 Å². The fourth-order valence-electron chi connectivity index (χ4n) is 3.58. The summed E-state index contributed by atoms with van der Waals surface area (Å²) < 4.78 is 31.5. The van der Waals surface area contributed by atoms with E-state index in [0.717, 1.165) is 47.1 Å². The Bertz CT molecular complexity index is 999. The van der Waals surface area contributed by atoms with E-state index >= 15 is 0 Å². The summed E-state index contributed by atoms with van der Waals surface area (Å²) >= 11 is 0. The quantitative estimate of drug-likeness (QED) is 0.695. The summed E-state index contributed by atoms with van der Waals surface area (Å²) in [6, 6.07) is 12.6. The number of sulfonamides is 1. The van der Waals surface area contributed by atoms with Crippen LogP contribution in [0.15, 0.2) is 47.4 Å². The molecule has 0 saturated carbocycles. The van der Waals surface area contributed by atoms with Crippen LogP contribution in [0.4, 0.5) is 5.69 Å². The third-order valence-corrected chi connectivity index (χ3v) is 7.00. The predicted molar refractivity (Wildman–Crippen MR) is 117 cm³/mol. The predicted octanol–water partition coefficient (Wildman–Crippen LogP) is 2.61. The largest absolute Gasteiger partial charge is 0.380 e. The van der Waals surface area contributed by atoms with Crippen molar-refractivity contribution < 1.29 is 17.9 Å². The number of nitrogens with zero attached hydrogens (tertiary/aromatic N) is 2. The molecule has 1 saturated heterocycles. The fourth-order valence-corrected chi connectivity index (χ4v) is 4.50. The van der Waals surface area contributed by atoms with Crippen molar-refractivity contribution in [2.45, 2.75) is 30.9 Å². The van der Waals surface area contributed by atoms with Gasteiger partial charge in [-0.05, 0) is 42.2 Å². The number of hydrogen-bond donors (Lipinski definition) is 1. The van der Waals surface area contributed by atoms with Gasteiger partial charge in [0.2, 0.25) is 10.0 Å². The standard InChI is InChI=1S/C22H29N3O4S/c1-24(2)30(27,28)19-9-10-21(25-11-4-5-12-25)20(14-19)22(26)23-15-17-7-6-8-18(13-17)16-29-3/h6-10,13-14H,4-5,11-12,15-16H2,1-3H3,(H,23,26). The molecule has 1 aliphatic rings. The number of methoxy groups -OCH3 is 1. The van der Waals surface area contributed by atoms with Crippen LogP contribution in [0.5, 0.6) is 0 Å². The molecular weight excluding hydrogens is 402 g/mol. The van der Waals surface area contributed by atoms with E-state index in [0.29, 0.717) is 18.7 Å². The highest BCUT2D eigenvalue weighted by Gasteiger charge is 2.24. The Kier molecular flexibility index (Phi) is 7.12. The highest BCUT2D eigenvalue weighted by atomic mass is 32.2. The van der Waals surface area contributed by atoms with Gasteiger partial charge in [0.25, 0.3) is 5.91 Å². The zero-order valence-electron chi connectivity index (χ0n) is 17.7. The minimum absolute atomic E-state index is 0.114. The molecule has 0 atom stereocenters. The number of benzene rings is 2. The molecule has 0 aromatic heterocycles. The van der Waals surface area contributed by atoms with Gasteiger partial charge >= 0.3 is 0 Å². The Hall–Kier alpha value is -2.42. The monoisotopic (exact) mass is 431 g/mol. The molecule has 2 aromatic rings. The van der Waals surface area contributed by atoms with E-state index < -0.39 is 10.0 Å². The van der Waals surface area contributed by atoms with Crippen LogP contribution in [-0.4, -0.2) is 52.9 Å². The van der Waals surface area contributed by atoms with Crippen LogP contribution in [0, 0.1) is 0 Å². The Morgan fingerprint density at radius 3 is 2.47 bits per heavy atom. The van der Waals surface area contributed by atoms with E-state index in [9.17, 15) is 13.2 Å². The minimum Gasteiger partial charge on any atom is -0.380 e. The first kappa shape index (κ1) is 22.3. The molecule has 7 nitrogen and oxygen atoms in total. The Morgan fingerprint density at radius 2 is 1.80 bits per heavy atom. The molecular formula is C22H29N3O4S. The molecule has 1 N–H and O–H groups in total. The van der Waals surface area contributed by atoms with Crippen molar-refractivity contribution in [3.05, 3.63) is 59.2 Å². The smallest absolute Gasteiger partial charge is 0.253 e. The first-order valence-corrected chi connectivity index (χ1v) is 11.4. The van der Waals surface area contributed by atoms with Crippen LogP contribution in [0.25, 0.3) is 0 Å². The average Bonchev–Trinajstić information content (AvgIpc) is 3.26. The van der Waals surface area contributed by atoms with Crippen molar-refractivity contribution in [3.8, 4) is 0 Å². The lowest BCUT2D eigenvalue weighted by atomic mass is 10.1. The lowest BCUT2D eigenvalue weighted by molar-refractivity contribution is 0.0951. The van der Waals surface area contributed by atoms with Gasteiger partial charge in [0.15, 0.2) is 0 Å². The number of carbonyl (C=O) groups excluding carboxylic acids is 1. The molecule has 1 heterocycles. The molecule has 1 amide bonds. The van der Waals surface area contributed by atoms with Crippen LogP contribution >= 0.6 is 0 Å². The Labute approximate surface area is 178 Å². The van der Waals surface area contributed by atoms with Gasteiger partial charge in [-0.2, -0.15) is 0 Å². The average molecular weight is 432 g/mol. The highest BCUT2D eigenvalue weighted by molar-refractivity contribution is 7.89. The molecule has 0 aliphatic carbocycles. The van der Waals surface area contributed by atoms with Crippen molar-refractivity contribution in [1.82, 2.24) is 9.62 Å². The second-order valence-corrected chi connectivity index (χ2v) is 9.75. The van der Waals surface area contributed by atoms with E-state index in [4.69, 9.17) is 4.74 Å². The summed E-state index contributed by atoms with van der Waals surface area (Å²) in [6.45, 7) is 2.57. The van der Waals surface area contributed by atoms with E-state index in [1.54, 1.807) is 19.2 Å². The number of nitrogens with one attached hydrogen (secondary N) is 1. The van der Waals surface area contributed by atoms with Gasteiger partial charge in [0, 0.05) is 46.5 Å². The van der Waals surface area contributed by atoms with Crippen molar-refractivity contribution in [2.24, 2.45) is 0 Å². The van der Waals surface area contributed by atoms with Crippen LogP contribution in [0.2, 0.25) is 0 Å². The number of anilines is 1. The maximum absolute atomic E-state index is 13.1. The third kappa shape index (κ3) is 5.00. The van der Waals surface area contributed by atoms with Crippen molar-refractivity contribution in [2.75, 3.05) is 39.2 Å². The topological polar surface area (TPSA) is 78.9 Å². The summed E-state index contributed by atoms with van der Waals surface area (Å²) in [4.78, 5) is 15.3. The van der Waals surface area contributed by atoms with Gasteiger partial charge in [0.1, 0.15) is 0 Å². The third-order valence-electron chi connectivity index (χ3n) is 5.19. The Morgan fingerprint density at radius 1 is 1.10 bits per heavy atom. The maximum Gasteiger partial charge on any atom is 0.253 e. The molecule has 30 heavy (non-hydrogen) atoms. The lowest BCUT2D eigenvalue weighted by Crippen LogP contribution is -2.28. The SMILES string of the molecule is COCc1cccc(CNC(=O)c2cc(S(=O)(=O)N(C)C)ccc2N2CCCC2)c1. The molecule has 0 radical (unpaired) electrons. The van der Waals surface area contributed by atoms with Crippen molar-refractivity contribution >= 4 is 21.6 Å². The summed E-state index contributed by atoms with van der Waals surface area (Å²) in [6.07, 6.45) is 2.12. The maximum atomic E-state index is 13.1. The summed E-state index contributed by atoms with van der Waals surface area (Å²) in [5.74, 6) is -0.287. The first-order valence-electron chi connectivity index (χ1n) is 9.99. The number of ether oxygens (including phenoxy) is 1. The van der Waals surface area contributed by atoms with Crippen molar-refractivity contribution in [1.29, 1.82) is 0 Å². The molecule has 2 aromatic carbocycles. The van der Waals surface area contributed by atoms with Crippen LogP contribution in [0.1, 0.15) is 34.3 Å². The van der Waals surface area contributed by atoms with E-state index in [1.807, 2.05) is 24.3 Å². The molecule has 1 fully saturated rings. The van der Waals surface area contributed by atoms with Gasteiger partial charge in [-0.15, -0.1) is 0 Å². The number of carbonyl (C=O) groups is 1. The van der Waals surface area contributed by atoms with Gasteiger partial charge in [-0.3, -0.25) is 4.79 Å². The Balaban J connectivity index is 1.87. The van der Waals surface area contributed by atoms with Crippen molar-refractivity contribution in [3.63, 3.8) is 0 Å². The lowest BCUT2D eigenvalue weighted by Gasteiger charge is -2.22. The molecule has 0 unspecified atom stereocenters. The zero-order chi connectivity index (χ0) is 21.7. The van der Waals surface area contributed by atoms with Gasteiger partial charge in [0.05, 0.1) is 17.1 Å².